The number of rotatable bonds is 9. The Hall–Kier alpha value is -3.66. The number of aliphatic carboxylic acids is 1. The Bertz CT molecular complexity index is 961. The van der Waals surface area contributed by atoms with Gasteiger partial charge in [-0.25, -0.2) is 0 Å². The zero-order valence-electron chi connectivity index (χ0n) is 17.4. The van der Waals surface area contributed by atoms with Gasteiger partial charge in [-0.2, -0.15) is 5.26 Å². The molecule has 0 saturated carbocycles. The Morgan fingerprint density at radius 1 is 1.37 bits per heavy atom. The number of guanidine groups is 1. The number of nitrogens with two attached hydrogens (primary N) is 1. The summed E-state index contributed by atoms with van der Waals surface area (Å²) >= 11 is 0. The Balaban J connectivity index is 2.50. The molecule has 0 fully saturated rings. The Morgan fingerprint density at radius 3 is 2.80 bits per heavy atom. The molecule has 0 atom stereocenters. The molecule has 0 saturated heterocycles. The first-order valence-corrected chi connectivity index (χ1v) is 9.91. The van der Waals surface area contributed by atoms with Crippen molar-refractivity contribution >= 4 is 23.2 Å². The van der Waals surface area contributed by atoms with Crippen molar-refractivity contribution in [1.82, 2.24) is 4.98 Å². The maximum atomic E-state index is 10.8. The molecule has 2 rings (SSSR count). The molecule has 1 aromatic carbocycles. The van der Waals surface area contributed by atoms with Crippen LogP contribution in [-0.4, -0.2) is 28.6 Å². The van der Waals surface area contributed by atoms with Crippen LogP contribution in [0.5, 0.6) is 0 Å². The van der Waals surface area contributed by atoms with E-state index in [0.29, 0.717) is 19.4 Å². The van der Waals surface area contributed by atoms with E-state index in [1.807, 2.05) is 55.2 Å². The predicted molar refractivity (Wildman–Crippen MR) is 119 cm³/mol. The lowest BCUT2D eigenvalue weighted by molar-refractivity contribution is -0.137. The number of benzene rings is 1. The van der Waals surface area contributed by atoms with Crippen LogP contribution in [0.1, 0.15) is 49.3 Å². The number of carbonyl (C=O) groups is 1. The van der Waals surface area contributed by atoms with Crippen LogP contribution in [0, 0.1) is 18.4 Å². The molecule has 0 amide bonds. The summed E-state index contributed by atoms with van der Waals surface area (Å²) in [5.74, 6) is -0.639. The van der Waals surface area contributed by atoms with E-state index in [-0.39, 0.29) is 12.4 Å². The van der Waals surface area contributed by atoms with Crippen LogP contribution in [0.3, 0.4) is 0 Å². The smallest absolute Gasteiger partial charge is 0.303 e. The van der Waals surface area contributed by atoms with Gasteiger partial charge >= 0.3 is 5.97 Å². The highest BCUT2D eigenvalue weighted by Gasteiger charge is 2.15. The zero-order chi connectivity index (χ0) is 21.9. The molecule has 156 valence electrons. The van der Waals surface area contributed by atoms with Crippen LogP contribution in [0.2, 0.25) is 0 Å². The van der Waals surface area contributed by atoms with Crippen molar-refractivity contribution in [2.45, 2.75) is 39.5 Å². The summed E-state index contributed by atoms with van der Waals surface area (Å²) in [7, 11) is 0. The molecular weight excluding hydrogens is 378 g/mol. The van der Waals surface area contributed by atoms with Gasteiger partial charge in [0.15, 0.2) is 0 Å². The van der Waals surface area contributed by atoms with Gasteiger partial charge in [-0.05, 0) is 55.0 Å². The number of aromatic nitrogens is 1. The first-order chi connectivity index (χ1) is 14.5. The summed E-state index contributed by atoms with van der Waals surface area (Å²) in [6.07, 6.45) is 9.47. The average Bonchev–Trinajstić information content (AvgIpc) is 2.73. The van der Waals surface area contributed by atoms with E-state index in [4.69, 9.17) is 16.1 Å². The maximum Gasteiger partial charge on any atom is 0.303 e. The summed E-state index contributed by atoms with van der Waals surface area (Å²) < 4.78 is 0. The standard InChI is InChI=1S/C23H27N5O2/c1-3-13-28(23(25)27-16-24)21-14-18(11-10-17(21)2)20(8-4-5-9-22(29)30)19-7-6-12-26-15-19/h6-8,10-12,14-15H,3-5,9,13H2,1-2H3,(H2,25,27)(H,29,30)/b20-8+. The minimum absolute atomic E-state index is 0.126. The van der Waals surface area contributed by atoms with Gasteiger partial charge in [-0.15, -0.1) is 4.99 Å². The summed E-state index contributed by atoms with van der Waals surface area (Å²) in [5.41, 5.74) is 10.8. The second kappa shape index (κ2) is 11.4. The molecule has 0 aliphatic heterocycles. The van der Waals surface area contributed by atoms with Gasteiger partial charge in [0.2, 0.25) is 12.2 Å². The number of nitriles is 1. The molecule has 0 spiro atoms. The minimum Gasteiger partial charge on any atom is -0.481 e. The molecule has 0 unspecified atom stereocenters. The quantitative estimate of drug-likeness (QED) is 0.281. The topological polar surface area (TPSA) is 116 Å². The molecule has 0 aliphatic rings. The molecule has 1 heterocycles. The lowest BCUT2D eigenvalue weighted by Gasteiger charge is -2.25. The number of hydrogen-bond acceptors (Lipinski definition) is 4. The molecule has 30 heavy (non-hydrogen) atoms. The molecule has 7 heteroatoms. The fraction of sp³-hybridized carbons (Fsp3) is 0.304. The van der Waals surface area contributed by atoms with Crippen molar-refractivity contribution in [2.24, 2.45) is 10.7 Å². The first kappa shape index (κ1) is 22.6. The third kappa shape index (κ3) is 6.17. The lowest BCUT2D eigenvalue weighted by atomic mass is 9.95. The number of anilines is 1. The normalized spacial score (nSPS) is 11.8. The van der Waals surface area contributed by atoms with Gasteiger partial charge in [-0.1, -0.05) is 31.2 Å². The van der Waals surface area contributed by atoms with Gasteiger partial charge in [0.05, 0.1) is 0 Å². The number of carboxylic acids is 1. The Kier molecular flexibility index (Phi) is 8.57. The van der Waals surface area contributed by atoms with Crippen molar-refractivity contribution < 1.29 is 9.90 Å². The van der Waals surface area contributed by atoms with Crippen molar-refractivity contribution in [3.63, 3.8) is 0 Å². The SMILES string of the molecule is CCCN(C(N)=NC#N)c1cc(/C(=C\CCCC(=O)O)c2cccnc2)ccc1C. The number of aliphatic imine (C=N–C) groups is 1. The number of hydrogen-bond donors (Lipinski definition) is 2. The molecule has 0 radical (unpaired) electrons. The highest BCUT2D eigenvalue weighted by Crippen LogP contribution is 2.30. The van der Waals surface area contributed by atoms with Crippen molar-refractivity contribution in [3.05, 3.63) is 65.5 Å². The van der Waals surface area contributed by atoms with Crippen LogP contribution in [-0.2, 0) is 4.79 Å². The van der Waals surface area contributed by atoms with E-state index in [2.05, 4.69) is 9.98 Å². The van der Waals surface area contributed by atoms with Gasteiger partial charge in [0.1, 0.15) is 0 Å². The van der Waals surface area contributed by atoms with E-state index in [0.717, 1.165) is 34.4 Å². The number of aryl methyl sites for hydroxylation is 1. The number of pyridine rings is 1. The lowest BCUT2D eigenvalue weighted by Crippen LogP contribution is -2.38. The van der Waals surface area contributed by atoms with Gasteiger partial charge < -0.3 is 15.7 Å². The van der Waals surface area contributed by atoms with E-state index in [9.17, 15) is 4.79 Å². The number of allylic oxidation sites excluding steroid dienone is 1. The first-order valence-electron chi connectivity index (χ1n) is 9.91. The monoisotopic (exact) mass is 405 g/mol. The van der Waals surface area contributed by atoms with E-state index in [1.165, 1.54) is 0 Å². The van der Waals surface area contributed by atoms with Crippen LogP contribution < -0.4 is 10.6 Å². The summed E-state index contributed by atoms with van der Waals surface area (Å²) in [6.45, 7) is 4.66. The molecule has 0 bridgehead atoms. The van der Waals surface area contributed by atoms with Crippen LogP contribution >= 0.6 is 0 Å². The molecule has 0 aliphatic carbocycles. The van der Waals surface area contributed by atoms with Gasteiger partial charge in [-0.3, -0.25) is 9.78 Å². The van der Waals surface area contributed by atoms with Crippen LogP contribution in [0.15, 0.2) is 53.8 Å². The second-order valence-corrected chi connectivity index (χ2v) is 6.87. The van der Waals surface area contributed by atoms with Crippen molar-refractivity contribution in [3.8, 4) is 6.19 Å². The summed E-state index contributed by atoms with van der Waals surface area (Å²) in [4.78, 5) is 20.6. The Labute approximate surface area is 177 Å². The Morgan fingerprint density at radius 2 is 2.17 bits per heavy atom. The highest BCUT2D eigenvalue weighted by molar-refractivity contribution is 5.97. The fourth-order valence-corrected chi connectivity index (χ4v) is 3.19. The van der Waals surface area contributed by atoms with Crippen LogP contribution in [0.25, 0.3) is 5.57 Å². The fourth-order valence-electron chi connectivity index (χ4n) is 3.19. The molecule has 3 N–H and O–H groups in total. The molecule has 7 nitrogen and oxygen atoms in total. The van der Waals surface area contributed by atoms with E-state index >= 15 is 0 Å². The van der Waals surface area contributed by atoms with Gasteiger partial charge in [0, 0.05) is 36.6 Å². The average molecular weight is 406 g/mol. The zero-order valence-corrected chi connectivity index (χ0v) is 17.4. The second-order valence-electron chi connectivity index (χ2n) is 6.87. The van der Waals surface area contributed by atoms with Crippen molar-refractivity contribution in [2.75, 3.05) is 11.4 Å². The third-order valence-corrected chi connectivity index (χ3v) is 4.62. The maximum absolute atomic E-state index is 10.8. The summed E-state index contributed by atoms with van der Waals surface area (Å²) in [5, 5.41) is 17.8. The van der Waals surface area contributed by atoms with E-state index < -0.39 is 5.97 Å². The predicted octanol–water partition coefficient (Wildman–Crippen LogP) is 4.09. The summed E-state index contributed by atoms with van der Waals surface area (Å²) in [6, 6.07) is 9.91. The molecular formula is C23H27N5O2. The largest absolute Gasteiger partial charge is 0.481 e. The highest BCUT2D eigenvalue weighted by atomic mass is 16.4. The minimum atomic E-state index is -0.800. The van der Waals surface area contributed by atoms with Crippen LogP contribution in [0.4, 0.5) is 5.69 Å². The number of unbranched alkanes of at least 4 members (excludes halogenated alkanes) is 1. The molecule has 2 aromatic rings. The number of nitrogens with zero attached hydrogens (tertiary/aromatic N) is 4. The van der Waals surface area contributed by atoms with Gasteiger partial charge in [0.25, 0.3) is 0 Å². The van der Waals surface area contributed by atoms with Crippen molar-refractivity contribution in [1.29, 1.82) is 5.26 Å². The number of carboxylic acid groups (broad SMARTS) is 1. The third-order valence-electron chi connectivity index (χ3n) is 4.62. The van der Waals surface area contributed by atoms with E-state index in [1.54, 1.807) is 18.6 Å². The molecule has 1 aromatic heterocycles.